The van der Waals surface area contributed by atoms with Gasteiger partial charge in [0.1, 0.15) is 43.8 Å². The number of esters is 1. The molecule has 2 unspecified atom stereocenters. The van der Waals surface area contributed by atoms with Crippen molar-refractivity contribution >= 4 is 58.6 Å². The highest BCUT2D eigenvalue weighted by molar-refractivity contribution is 5.96. The van der Waals surface area contributed by atoms with Gasteiger partial charge in [0, 0.05) is 52.6 Å². The number of amides is 5. The summed E-state index contributed by atoms with van der Waals surface area (Å²) in [6.45, 7) is 11.3. The maximum atomic E-state index is 12.3. The van der Waals surface area contributed by atoms with Crippen LogP contribution in [0.5, 0.6) is 0 Å². The molecule has 0 spiro atoms. The van der Waals surface area contributed by atoms with Crippen molar-refractivity contribution < 1.29 is 71.6 Å². The second-order valence-electron chi connectivity index (χ2n) is 14.1. The molecule has 0 aliphatic rings. The van der Waals surface area contributed by atoms with Gasteiger partial charge in [0.05, 0.1) is 45.7 Å². The number of ketones is 4. The van der Waals surface area contributed by atoms with Gasteiger partial charge in [0.2, 0.25) is 29.5 Å². The van der Waals surface area contributed by atoms with E-state index in [1.165, 1.54) is 20.8 Å². The Morgan fingerprint density at radius 3 is 1.25 bits per heavy atom. The van der Waals surface area contributed by atoms with Crippen molar-refractivity contribution in [3.63, 3.8) is 0 Å². The Kier molecular flexibility index (Phi) is 82.0. The van der Waals surface area contributed by atoms with E-state index < -0.39 is 48.8 Å². The summed E-state index contributed by atoms with van der Waals surface area (Å²) in [5, 5.41) is 10.3. The van der Waals surface area contributed by atoms with Crippen LogP contribution in [0.3, 0.4) is 0 Å². The molecular weight excluding hydrogens is 923 g/mol. The minimum Gasteiger partial charge on any atom is -0.457 e. The van der Waals surface area contributed by atoms with Crippen LogP contribution in [-0.4, -0.2) is 143 Å². The first kappa shape index (κ1) is 92.3. The first-order valence-corrected chi connectivity index (χ1v) is 21.0. The molecule has 20 nitrogen and oxygen atoms in total. The summed E-state index contributed by atoms with van der Waals surface area (Å²) in [5.74, 6) is -3.74. The zero-order valence-corrected chi connectivity index (χ0v) is 36.9. The van der Waals surface area contributed by atoms with E-state index >= 15 is 0 Å². The summed E-state index contributed by atoms with van der Waals surface area (Å²) in [6, 6.07) is -1.57. The van der Waals surface area contributed by atoms with Crippen LogP contribution in [0.25, 0.3) is 0 Å². The molecular formula is C51H107N5O15. The molecule has 0 aromatic heterocycles. The van der Waals surface area contributed by atoms with Crippen molar-refractivity contribution in [2.45, 2.75) is 190 Å². The second-order valence-corrected chi connectivity index (χ2v) is 14.1. The number of nitrogens with two attached hydrogens (primary N) is 1. The van der Waals surface area contributed by atoms with E-state index in [0.717, 1.165) is 0 Å². The van der Waals surface area contributed by atoms with Gasteiger partial charge in [-0.15, -0.1) is 13.2 Å². The average molecular weight is 1030 g/mol. The normalized spacial score (nSPS) is 10.0. The zero-order valence-electron chi connectivity index (χ0n) is 36.9. The summed E-state index contributed by atoms with van der Waals surface area (Å²) in [5.41, 5.74) is 5.40. The summed E-state index contributed by atoms with van der Waals surface area (Å²) >= 11 is 0. The van der Waals surface area contributed by atoms with Crippen molar-refractivity contribution in [2.75, 3.05) is 72.6 Å². The monoisotopic (exact) mass is 1030 g/mol. The van der Waals surface area contributed by atoms with Gasteiger partial charge in [0.15, 0.2) is 11.6 Å². The van der Waals surface area contributed by atoms with Crippen LogP contribution in [0, 0.1) is 0 Å². The molecule has 0 aliphatic carbocycles. The molecule has 0 heterocycles. The number of nitrogens with one attached hydrogen (secondary N) is 4. The fourth-order valence-corrected chi connectivity index (χ4v) is 5.34. The number of hydrogen-bond donors (Lipinski definition) is 5. The third-order valence-corrected chi connectivity index (χ3v) is 8.50. The third-order valence-electron chi connectivity index (χ3n) is 8.50. The molecule has 0 rings (SSSR count). The maximum absolute atomic E-state index is 12.3. The molecule has 426 valence electrons. The third kappa shape index (κ3) is 63.1. The molecule has 0 aromatic carbocycles. The Morgan fingerprint density at radius 2 is 0.831 bits per heavy atom. The second kappa shape index (κ2) is 63.1. The standard InChI is InChI=1S/C40H67N5O15.C2H4.9CH4/c1-29(46)35(44-37(52)27-58-23-21-56-19-17-42-30(2)47)15-8-4-6-11-32(49)13-10-14-34(51)26-60-39(54)25-33(50)12-7-5-9-16-36(40(41)55)45-38(53)28-59-24-22-57-20-18-43-31(3)48;1-2;;;;;;;;;/h35-36H,4-28H2,1-3H3,(H2,41,55)(H,42,47)(H,43,48)(H,44,52)(H,45,53);1-2H2;9*1H4. The largest absolute Gasteiger partial charge is 0.457 e. The van der Waals surface area contributed by atoms with Gasteiger partial charge in [-0.05, 0) is 39.0 Å². The molecule has 5 amide bonds. The quantitative estimate of drug-likeness (QED) is 0.0187. The number of carbonyl (C=O) groups is 10. The summed E-state index contributed by atoms with van der Waals surface area (Å²) in [6.07, 6.45) is 4.42. The average Bonchev–Trinajstić information content (AvgIpc) is 3.21. The lowest BCUT2D eigenvalue weighted by atomic mass is 10.0. The molecule has 6 N–H and O–H groups in total. The number of ether oxygens (including phenoxy) is 5. The number of hydrogen-bond acceptors (Lipinski definition) is 15. The van der Waals surface area contributed by atoms with Crippen LogP contribution >= 0.6 is 0 Å². The molecule has 20 heteroatoms. The highest BCUT2D eigenvalue weighted by atomic mass is 16.5. The predicted molar refractivity (Wildman–Crippen MR) is 287 cm³/mol. The Bertz CT molecular complexity index is 1380. The van der Waals surface area contributed by atoms with E-state index in [-0.39, 0.29) is 167 Å². The van der Waals surface area contributed by atoms with Crippen LogP contribution in [-0.2, 0) is 71.6 Å². The Labute approximate surface area is 431 Å². The highest BCUT2D eigenvalue weighted by Crippen LogP contribution is 2.11. The Balaban J connectivity index is -0.000000359. The molecule has 0 bridgehead atoms. The molecule has 0 radical (unpaired) electrons. The van der Waals surface area contributed by atoms with Gasteiger partial charge in [-0.25, -0.2) is 0 Å². The molecule has 2 atom stereocenters. The van der Waals surface area contributed by atoms with Gasteiger partial charge in [0.25, 0.3) is 0 Å². The number of primary amides is 1. The smallest absolute Gasteiger partial charge is 0.313 e. The Morgan fingerprint density at radius 1 is 0.451 bits per heavy atom. The first-order valence-electron chi connectivity index (χ1n) is 21.0. The lowest BCUT2D eigenvalue weighted by Gasteiger charge is -2.16. The predicted octanol–water partition coefficient (Wildman–Crippen LogP) is 6.61. The molecule has 0 saturated carbocycles. The fourth-order valence-electron chi connectivity index (χ4n) is 5.34. The van der Waals surface area contributed by atoms with Crippen LogP contribution in [0.4, 0.5) is 0 Å². The fraction of sp³-hybridized carbons (Fsp3) is 0.765. The molecule has 71 heavy (non-hydrogen) atoms. The number of Topliss-reactive ketones (excluding diaryl/α,β-unsaturated/α-hetero) is 4. The first-order chi connectivity index (χ1) is 29.6. The van der Waals surface area contributed by atoms with E-state index in [1.807, 2.05) is 0 Å². The summed E-state index contributed by atoms with van der Waals surface area (Å²) < 4.78 is 25.9. The number of rotatable bonds is 40. The van der Waals surface area contributed by atoms with Crippen molar-refractivity contribution in [3.05, 3.63) is 13.2 Å². The maximum Gasteiger partial charge on any atom is 0.313 e. The summed E-state index contributed by atoms with van der Waals surface area (Å²) in [7, 11) is 0. The van der Waals surface area contributed by atoms with Crippen LogP contribution < -0.4 is 27.0 Å². The molecule has 0 saturated heterocycles. The Hall–Kier alpha value is -4.92. The lowest BCUT2D eigenvalue weighted by molar-refractivity contribution is -0.150. The van der Waals surface area contributed by atoms with Gasteiger partial charge in [-0.2, -0.15) is 0 Å². The van der Waals surface area contributed by atoms with E-state index in [0.29, 0.717) is 84.1 Å². The van der Waals surface area contributed by atoms with Crippen molar-refractivity contribution in [2.24, 2.45) is 5.73 Å². The topological polar surface area (TPSA) is 291 Å². The number of carbonyl (C=O) groups excluding carboxylic acids is 10. The minimum atomic E-state index is -0.914. The molecule has 0 fully saturated rings. The van der Waals surface area contributed by atoms with Crippen molar-refractivity contribution in [1.29, 1.82) is 0 Å². The molecule has 0 aliphatic heterocycles. The van der Waals surface area contributed by atoms with Crippen molar-refractivity contribution in [1.82, 2.24) is 21.3 Å². The van der Waals surface area contributed by atoms with E-state index in [9.17, 15) is 47.9 Å². The van der Waals surface area contributed by atoms with Gasteiger partial charge in [-0.1, -0.05) is 92.5 Å². The summed E-state index contributed by atoms with van der Waals surface area (Å²) in [4.78, 5) is 118. The van der Waals surface area contributed by atoms with Crippen LogP contribution in [0.15, 0.2) is 13.2 Å². The minimum absolute atomic E-state index is 0. The highest BCUT2D eigenvalue weighted by Gasteiger charge is 2.19. The molecule has 0 aromatic rings. The lowest BCUT2D eigenvalue weighted by Crippen LogP contribution is -2.45. The zero-order chi connectivity index (χ0) is 47.0. The van der Waals surface area contributed by atoms with Crippen LogP contribution in [0.1, 0.15) is 178 Å². The van der Waals surface area contributed by atoms with Crippen LogP contribution in [0.2, 0.25) is 0 Å². The van der Waals surface area contributed by atoms with E-state index in [4.69, 9.17) is 29.4 Å². The van der Waals surface area contributed by atoms with Crippen molar-refractivity contribution in [3.8, 4) is 0 Å². The van der Waals surface area contributed by atoms with E-state index in [2.05, 4.69) is 34.4 Å². The van der Waals surface area contributed by atoms with Gasteiger partial charge in [-0.3, -0.25) is 47.9 Å². The SMILES string of the molecule is C.C.C.C.C.C.C.C.C.C=C.CC(=O)NCCOCCOCC(=O)NC(CCCCCC(=O)CCCC(=O)COC(=O)CC(=O)CCCCCC(NC(=O)COCCOCCNC(C)=O)C(N)=O)C(C)=O. The van der Waals surface area contributed by atoms with E-state index in [1.54, 1.807) is 0 Å². The van der Waals surface area contributed by atoms with Gasteiger partial charge < -0.3 is 50.7 Å². The number of unbranched alkanes of at least 4 members (excludes halogenated alkanes) is 4. The van der Waals surface area contributed by atoms with Gasteiger partial charge >= 0.3 is 5.97 Å².